The average Bonchev–Trinajstić information content (AvgIpc) is 2.81. The average molecular weight is 344 g/mol. The minimum absolute atomic E-state index is 0. The van der Waals surface area contributed by atoms with Gasteiger partial charge in [-0.25, -0.2) is 0 Å². The van der Waals surface area contributed by atoms with Gasteiger partial charge in [0.1, 0.15) is 24.4 Å². The number of hydrogen-bond donors (Lipinski definition) is 4. The van der Waals surface area contributed by atoms with Crippen LogP contribution in [-0.4, -0.2) is 64.3 Å². The van der Waals surface area contributed by atoms with Crippen LogP contribution in [0.5, 0.6) is 0 Å². The zero-order valence-corrected chi connectivity index (χ0v) is 16.6. The molecule has 0 aromatic rings. The first-order chi connectivity index (χ1) is 10.6. The van der Waals surface area contributed by atoms with Crippen LogP contribution >= 0.6 is 0 Å². The van der Waals surface area contributed by atoms with Crippen molar-refractivity contribution in [3.8, 4) is 0 Å². The van der Waals surface area contributed by atoms with E-state index < -0.39 is 37.3 Å². The van der Waals surface area contributed by atoms with Gasteiger partial charge in [0.15, 0.2) is 6.29 Å². The second kappa shape index (κ2) is 14.0. The molecule has 134 valence electrons. The predicted octanol–water partition coefficient (Wildman–Crippen LogP) is -1.94. The van der Waals surface area contributed by atoms with Gasteiger partial charge in [-0.2, -0.15) is 0 Å². The third kappa shape index (κ3) is 8.61. The Morgan fingerprint density at radius 2 is 1.57 bits per heavy atom. The molecule has 1 aliphatic rings. The second-order valence-corrected chi connectivity index (χ2v) is 6.05. The third-order valence-electron chi connectivity index (χ3n) is 4.10. The monoisotopic (exact) mass is 344 g/mol. The van der Waals surface area contributed by atoms with Crippen LogP contribution in [0.15, 0.2) is 0 Å². The smallest absolute Gasteiger partial charge is 1.00 e. The normalized spacial score (nSPS) is 28.6. The molecule has 1 aliphatic heterocycles. The summed E-state index contributed by atoms with van der Waals surface area (Å²) in [5, 5.41) is 37.9. The van der Waals surface area contributed by atoms with E-state index in [2.05, 4.69) is 6.92 Å². The number of rotatable bonds is 12. The van der Waals surface area contributed by atoms with Crippen molar-refractivity contribution >= 4 is 0 Å². The molecule has 4 N–H and O–H groups in total. The zero-order valence-electron chi connectivity index (χ0n) is 15.6. The fourth-order valence-corrected chi connectivity index (χ4v) is 2.67. The Kier molecular flexibility index (Phi) is 14.4. The summed E-state index contributed by atoms with van der Waals surface area (Å²) in [7, 11) is 0. The van der Waals surface area contributed by atoms with Gasteiger partial charge in [0.05, 0.1) is 6.61 Å². The molecule has 0 bridgehead atoms. The first-order valence-corrected chi connectivity index (χ1v) is 8.54. The summed E-state index contributed by atoms with van der Waals surface area (Å²) in [5.74, 6) is 0. The number of unbranched alkanes of at least 4 members (excludes halogenated alkanes) is 7. The predicted molar refractivity (Wildman–Crippen MR) is 83.4 cm³/mol. The van der Waals surface area contributed by atoms with E-state index in [1.807, 2.05) is 0 Å². The van der Waals surface area contributed by atoms with E-state index in [1.54, 1.807) is 0 Å². The van der Waals surface area contributed by atoms with Crippen molar-refractivity contribution in [2.75, 3.05) is 13.2 Å². The Bertz CT molecular complexity index is 287. The topological polar surface area (TPSA) is 99.4 Å². The van der Waals surface area contributed by atoms with Crippen LogP contribution in [0.3, 0.4) is 0 Å². The van der Waals surface area contributed by atoms with Gasteiger partial charge in [-0.1, -0.05) is 51.9 Å². The van der Waals surface area contributed by atoms with E-state index in [4.69, 9.17) is 14.6 Å². The van der Waals surface area contributed by atoms with E-state index >= 15 is 0 Å². The van der Waals surface area contributed by atoms with E-state index in [9.17, 15) is 15.3 Å². The Morgan fingerprint density at radius 3 is 2.13 bits per heavy atom. The molecule has 0 aromatic carbocycles. The molecule has 1 heterocycles. The molecule has 0 radical (unpaired) electrons. The molecule has 0 aliphatic carbocycles. The van der Waals surface area contributed by atoms with Gasteiger partial charge in [0.2, 0.25) is 0 Å². The van der Waals surface area contributed by atoms with Crippen LogP contribution in [0, 0.1) is 0 Å². The van der Waals surface area contributed by atoms with E-state index in [1.165, 1.54) is 38.5 Å². The van der Waals surface area contributed by atoms with Gasteiger partial charge in [-0.05, 0) is 6.42 Å². The summed E-state index contributed by atoms with van der Waals surface area (Å²) in [6.45, 7) is 2.13. The molecule has 6 nitrogen and oxygen atoms in total. The van der Waals surface area contributed by atoms with Crippen molar-refractivity contribution in [2.24, 2.45) is 0 Å². The van der Waals surface area contributed by atoms with Crippen LogP contribution in [0.4, 0.5) is 0 Å². The Balaban J connectivity index is 0. The molecule has 0 amide bonds. The fraction of sp³-hybridized carbons (Fsp3) is 1.00. The zero-order chi connectivity index (χ0) is 16.4. The van der Waals surface area contributed by atoms with Gasteiger partial charge in [0.25, 0.3) is 0 Å². The summed E-state index contributed by atoms with van der Waals surface area (Å²) < 4.78 is 10.7. The van der Waals surface area contributed by atoms with Crippen molar-refractivity contribution in [3.63, 3.8) is 0 Å². The van der Waals surface area contributed by atoms with Gasteiger partial charge in [-0.3, -0.25) is 0 Å². The third-order valence-corrected chi connectivity index (χ3v) is 4.10. The van der Waals surface area contributed by atoms with E-state index in [0.717, 1.165) is 12.8 Å². The van der Waals surface area contributed by atoms with Crippen molar-refractivity contribution in [3.05, 3.63) is 0 Å². The quantitative estimate of drug-likeness (QED) is 0.243. The van der Waals surface area contributed by atoms with Crippen LogP contribution < -0.4 is 29.6 Å². The molecule has 23 heavy (non-hydrogen) atoms. The number of aliphatic hydroxyl groups excluding tert-OH is 4. The summed E-state index contributed by atoms with van der Waals surface area (Å²) in [4.78, 5) is 0. The Hall–Kier alpha value is 0.760. The SMILES string of the molecule is CCCCCCCCCCO[C@H]1O[C@@H]([C@H](O)CO)[C@H](O)[C@H]1O.[H-].[Na+]. The van der Waals surface area contributed by atoms with E-state index in [-0.39, 0.29) is 31.0 Å². The summed E-state index contributed by atoms with van der Waals surface area (Å²) in [6.07, 6.45) is 3.92. The maximum Gasteiger partial charge on any atom is 1.00 e. The molecule has 1 fully saturated rings. The second-order valence-electron chi connectivity index (χ2n) is 6.05. The van der Waals surface area contributed by atoms with Crippen molar-refractivity contribution in [1.82, 2.24) is 0 Å². The Labute approximate surface area is 163 Å². The first kappa shape index (κ1) is 23.8. The van der Waals surface area contributed by atoms with Crippen LogP contribution in [0.25, 0.3) is 0 Å². The van der Waals surface area contributed by atoms with Gasteiger partial charge in [0, 0.05) is 6.61 Å². The van der Waals surface area contributed by atoms with Crippen LogP contribution in [0.1, 0.15) is 59.7 Å². The summed E-state index contributed by atoms with van der Waals surface area (Å²) >= 11 is 0. The standard InChI is InChI=1S/C16H32O6.Na.H/c1-2-3-4-5-6-7-8-9-10-21-16-14(20)13(19)15(22-16)12(18)11-17;;/h12-20H,2-11H2,1H3;;/q;+1;-1/t12-,13-,14-,15+,16+;;/m1../s1. The molecule has 0 aromatic heterocycles. The Morgan fingerprint density at radius 1 is 1.00 bits per heavy atom. The van der Waals surface area contributed by atoms with Gasteiger partial charge in [-0.15, -0.1) is 0 Å². The largest absolute Gasteiger partial charge is 1.00 e. The minimum Gasteiger partial charge on any atom is -1.00 e. The van der Waals surface area contributed by atoms with Crippen LogP contribution in [-0.2, 0) is 9.47 Å². The van der Waals surface area contributed by atoms with Gasteiger partial charge >= 0.3 is 29.6 Å². The van der Waals surface area contributed by atoms with Crippen molar-refractivity contribution < 1.29 is 60.9 Å². The maximum atomic E-state index is 9.80. The molecule has 1 saturated heterocycles. The molecule has 0 unspecified atom stereocenters. The summed E-state index contributed by atoms with van der Waals surface area (Å²) in [6, 6.07) is 0. The molecule has 1 rings (SSSR count). The molecule has 0 saturated carbocycles. The fourth-order valence-electron chi connectivity index (χ4n) is 2.67. The maximum absolute atomic E-state index is 9.80. The molecular weight excluding hydrogens is 311 g/mol. The molecular formula is C16H33NaO6. The van der Waals surface area contributed by atoms with Crippen molar-refractivity contribution in [2.45, 2.75) is 89.0 Å². The molecule has 7 heteroatoms. The molecule has 0 spiro atoms. The van der Waals surface area contributed by atoms with Crippen LogP contribution in [0.2, 0.25) is 0 Å². The van der Waals surface area contributed by atoms with Crippen molar-refractivity contribution in [1.29, 1.82) is 0 Å². The van der Waals surface area contributed by atoms with E-state index in [0.29, 0.717) is 6.61 Å². The van der Waals surface area contributed by atoms with Gasteiger partial charge < -0.3 is 31.3 Å². The minimum atomic E-state index is -1.24. The number of aliphatic hydroxyl groups is 4. The number of ether oxygens (including phenoxy) is 2. The number of hydrogen-bond acceptors (Lipinski definition) is 6. The first-order valence-electron chi connectivity index (χ1n) is 8.54. The molecule has 5 atom stereocenters. The summed E-state index contributed by atoms with van der Waals surface area (Å²) in [5.41, 5.74) is 0.